The Hall–Kier alpha value is -2.08. The molecule has 2 N–H and O–H groups in total. The number of ether oxygens (including phenoxy) is 1. The second kappa shape index (κ2) is 5.71. The van der Waals surface area contributed by atoms with Gasteiger partial charge in [-0.2, -0.15) is 5.10 Å². The van der Waals surface area contributed by atoms with Gasteiger partial charge >= 0.3 is 0 Å². The van der Waals surface area contributed by atoms with Gasteiger partial charge in [0.05, 0.1) is 13.7 Å². The Morgan fingerprint density at radius 3 is 2.89 bits per heavy atom. The van der Waals surface area contributed by atoms with Crippen LogP contribution in [0.3, 0.4) is 0 Å². The highest BCUT2D eigenvalue weighted by Gasteiger charge is 2.12. The van der Waals surface area contributed by atoms with Gasteiger partial charge in [0.15, 0.2) is 5.82 Å². The molecule has 1 aromatic carbocycles. The zero-order valence-electron chi connectivity index (χ0n) is 11.3. The van der Waals surface area contributed by atoms with Crippen LogP contribution in [0.5, 0.6) is 11.5 Å². The number of aryl methyl sites for hydroxylation is 1. The van der Waals surface area contributed by atoms with Gasteiger partial charge in [0.2, 0.25) is 0 Å². The van der Waals surface area contributed by atoms with Crippen molar-refractivity contribution in [2.45, 2.75) is 19.5 Å². The van der Waals surface area contributed by atoms with Crippen LogP contribution in [0, 0.1) is 0 Å². The van der Waals surface area contributed by atoms with Gasteiger partial charge in [0, 0.05) is 18.7 Å². The summed E-state index contributed by atoms with van der Waals surface area (Å²) in [5, 5.41) is 17.3. The molecule has 6 nitrogen and oxygen atoms in total. The summed E-state index contributed by atoms with van der Waals surface area (Å²) in [6, 6.07) is 5.15. The lowest BCUT2D eigenvalue weighted by Gasteiger charge is -2.15. The molecule has 0 saturated heterocycles. The molecular weight excluding hydrogens is 244 g/mol. The second-order valence-electron chi connectivity index (χ2n) is 4.36. The van der Waals surface area contributed by atoms with E-state index >= 15 is 0 Å². The molecule has 2 rings (SSSR count). The molecule has 1 aromatic heterocycles. The van der Waals surface area contributed by atoms with Crippen LogP contribution in [0.4, 0.5) is 0 Å². The predicted octanol–water partition coefficient (Wildman–Crippen LogP) is 1.38. The first-order chi connectivity index (χ1) is 9.10. The number of hydrogen-bond donors (Lipinski definition) is 2. The molecule has 0 saturated carbocycles. The molecule has 102 valence electrons. The van der Waals surface area contributed by atoms with E-state index in [1.54, 1.807) is 30.3 Å². The topological polar surface area (TPSA) is 72.2 Å². The largest absolute Gasteiger partial charge is 0.508 e. The maximum atomic E-state index is 9.87. The van der Waals surface area contributed by atoms with Crippen molar-refractivity contribution in [3.63, 3.8) is 0 Å². The molecule has 0 radical (unpaired) electrons. The zero-order chi connectivity index (χ0) is 13.8. The van der Waals surface area contributed by atoms with Gasteiger partial charge in [0.1, 0.15) is 17.8 Å². The number of phenolic OH excluding ortho intramolecular Hbond substituents is 1. The minimum atomic E-state index is -0.0288. The first-order valence-electron chi connectivity index (χ1n) is 6.05. The van der Waals surface area contributed by atoms with Gasteiger partial charge in [0.25, 0.3) is 0 Å². The summed E-state index contributed by atoms with van der Waals surface area (Å²) in [6.45, 7) is 2.51. The van der Waals surface area contributed by atoms with Crippen molar-refractivity contribution in [2.24, 2.45) is 7.05 Å². The maximum absolute atomic E-state index is 9.87. The summed E-state index contributed by atoms with van der Waals surface area (Å²) in [5.41, 5.74) is 0.787. The molecule has 0 bridgehead atoms. The fraction of sp³-hybridized carbons (Fsp3) is 0.385. The number of hydrogen-bond acceptors (Lipinski definition) is 5. The highest BCUT2D eigenvalue weighted by Crippen LogP contribution is 2.28. The number of aromatic hydroxyl groups is 1. The molecule has 0 amide bonds. The normalized spacial score (nSPS) is 12.4. The first-order valence-corrected chi connectivity index (χ1v) is 6.05. The maximum Gasteiger partial charge on any atom is 0.164 e. The lowest BCUT2D eigenvalue weighted by molar-refractivity contribution is 0.407. The van der Waals surface area contributed by atoms with Crippen molar-refractivity contribution in [2.75, 3.05) is 7.11 Å². The monoisotopic (exact) mass is 262 g/mol. The van der Waals surface area contributed by atoms with Crippen LogP contribution >= 0.6 is 0 Å². The molecule has 2 aromatic rings. The van der Waals surface area contributed by atoms with E-state index in [9.17, 15) is 5.11 Å². The summed E-state index contributed by atoms with van der Waals surface area (Å²) in [7, 11) is 3.43. The van der Waals surface area contributed by atoms with E-state index in [-0.39, 0.29) is 11.8 Å². The Morgan fingerprint density at radius 2 is 2.26 bits per heavy atom. The van der Waals surface area contributed by atoms with Crippen molar-refractivity contribution in [1.29, 1.82) is 0 Å². The number of rotatable bonds is 5. The van der Waals surface area contributed by atoms with Gasteiger partial charge in [-0.15, -0.1) is 0 Å². The third kappa shape index (κ3) is 3.23. The van der Waals surface area contributed by atoms with Crippen molar-refractivity contribution >= 4 is 0 Å². The van der Waals surface area contributed by atoms with Crippen LogP contribution < -0.4 is 10.1 Å². The fourth-order valence-corrected chi connectivity index (χ4v) is 1.83. The van der Waals surface area contributed by atoms with Gasteiger partial charge in [-0.25, -0.2) is 4.98 Å². The average molecular weight is 262 g/mol. The lowest BCUT2D eigenvalue weighted by atomic mass is 10.1. The second-order valence-corrected chi connectivity index (χ2v) is 4.36. The van der Waals surface area contributed by atoms with Crippen LogP contribution in [0.2, 0.25) is 0 Å². The summed E-state index contributed by atoms with van der Waals surface area (Å²) in [5.74, 6) is 1.68. The van der Waals surface area contributed by atoms with Crippen molar-refractivity contribution in [1.82, 2.24) is 20.1 Å². The molecule has 1 heterocycles. The number of nitrogens with one attached hydrogen (secondary N) is 1. The molecule has 1 unspecified atom stereocenters. The quantitative estimate of drug-likeness (QED) is 0.851. The van der Waals surface area contributed by atoms with Gasteiger partial charge in [-0.1, -0.05) is 0 Å². The Labute approximate surface area is 112 Å². The van der Waals surface area contributed by atoms with Crippen molar-refractivity contribution in [3.05, 3.63) is 35.9 Å². The Bertz CT molecular complexity index is 553. The van der Waals surface area contributed by atoms with E-state index in [4.69, 9.17) is 4.74 Å². The average Bonchev–Trinajstić information content (AvgIpc) is 2.82. The molecule has 19 heavy (non-hydrogen) atoms. The number of methoxy groups -OCH3 is 1. The standard InChI is InChI=1S/C13H18N4O2/c1-9(14-7-13-15-8-17(2)16-13)11-6-10(19-3)4-5-12(11)18/h4-6,8-9,14,18H,7H2,1-3H3. The Kier molecular flexibility index (Phi) is 4.01. The lowest BCUT2D eigenvalue weighted by Crippen LogP contribution is -2.19. The summed E-state index contributed by atoms with van der Waals surface area (Å²) in [4.78, 5) is 4.14. The number of aromatic nitrogens is 3. The highest BCUT2D eigenvalue weighted by atomic mass is 16.5. The molecule has 0 aliphatic heterocycles. The van der Waals surface area contributed by atoms with Crippen LogP contribution in [-0.4, -0.2) is 27.0 Å². The zero-order valence-corrected chi connectivity index (χ0v) is 11.3. The van der Waals surface area contributed by atoms with Crippen LogP contribution in [0.25, 0.3) is 0 Å². The van der Waals surface area contributed by atoms with E-state index < -0.39 is 0 Å². The van der Waals surface area contributed by atoms with Crippen LogP contribution in [0.1, 0.15) is 24.4 Å². The van der Waals surface area contributed by atoms with E-state index in [1.807, 2.05) is 20.0 Å². The highest BCUT2D eigenvalue weighted by molar-refractivity contribution is 5.41. The molecule has 6 heteroatoms. The van der Waals surface area contributed by atoms with Gasteiger partial charge in [-0.3, -0.25) is 4.68 Å². The number of nitrogens with zero attached hydrogens (tertiary/aromatic N) is 3. The van der Waals surface area contributed by atoms with Crippen LogP contribution in [-0.2, 0) is 13.6 Å². The van der Waals surface area contributed by atoms with Crippen molar-refractivity contribution in [3.8, 4) is 11.5 Å². The molecule has 1 atom stereocenters. The van der Waals surface area contributed by atoms with Gasteiger partial charge < -0.3 is 15.2 Å². The molecular formula is C13H18N4O2. The predicted molar refractivity (Wildman–Crippen MR) is 70.9 cm³/mol. The van der Waals surface area contributed by atoms with E-state index in [1.165, 1.54) is 0 Å². The minimum Gasteiger partial charge on any atom is -0.508 e. The third-order valence-electron chi connectivity index (χ3n) is 2.91. The summed E-state index contributed by atoms with van der Waals surface area (Å²) in [6.07, 6.45) is 1.66. The molecule has 0 aliphatic rings. The SMILES string of the molecule is COc1ccc(O)c(C(C)NCc2ncn(C)n2)c1. The Morgan fingerprint density at radius 1 is 1.47 bits per heavy atom. The fourth-order valence-electron chi connectivity index (χ4n) is 1.83. The summed E-state index contributed by atoms with van der Waals surface area (Å²) >= 11 is 0. The van der Waals surface area contributed by atoms with Gasteiger partial charge in [-0.05, 0) is 25.1 Å². The van der Waals surface area contributed by atoms with E-state index in [2.05, 4.69) is 15.4 Å². The minimum absolute atomic E-state index is 0.0288. The molecule has 0 aliphatic carbocycles. The van der Waals surface area contributed by atoms with Crippen LogP contribution in [0.15, 0.2) is 24.5 Å². The smallest absolute Gasteiger partial charge is 0.164 e. The summed E-state index contributed by atoms with van der Waals surface area (Å²) < 4.78 is 6.82. The Balaban J connectivity index is 2.04. The van der Waals surface area contributed by atoms with E-state index in [0.717, 1.165) is 17.1 Å². The van der Waals surface area contributed by atoms with Crippen molar-refractivity contribution < 1.29 is 9.84 Å². The molecule has 0 fully saturated rings. The number of phenols is 1. The first kappa shape index (κ1) is 13.4. The van der Waals surface area contributed by atoms with E-state index in [0.29, 0.717) is 6.54 Å². The third-order valence-corrected chi connectivity index (χ3v) is 2.91. The molecule has 0 spiro atoms. The number of benzene rings is 1.